The molecule has 1 aromatic heterocycles. The maximum atomic E-state index is 12.2. The van der Waals surface area contributed by atoms with E-state index in [0.717, 1.165) is 35.3 Å². The lowest BCUT2D eigenvalue weighted by Crippen LogP contribution is -2.28. The number of hydrogen-bond acceptors (Lipinski definition) is 5. The van der Waals surface area contributed by atoms with Gasteiger partial charge in [0.05, 0.1) is 12.9 Å². The predicted octanol–water partition coefficient (Wildman–Crippen LogP) is 4.06. The van der Waals surface area contributed by atoms with Gasteiger partial charge >= 0.3 is 0 Å². The quantitative estimate of drug-likeness (QED) is 0.497. The molecule has 0 bridgehead atoms. The second-order valence-corrected chi connectivity index (χ2v) is 8.35. The molecular weight excluding hydrogens is 396 g/mol. The van der Waals surface area contributed by atoms with Gasteiger partial charge < -0.3 is 14.6 Å². The van der Waals surface area contributed by atoms with Gasteiger partial charge in [-0.25, -0.2) is 0 Å². The third-order valence-electron chi connectivity index (χ3n) is 4.57. The van der Waals surface area contributed by atoms with Crippen LogP contribution in [-0.2, 0) is 17.8 Å². The third-order valence-corrected chi connectivity index (χ3v) is 5.54. The van der Waals surface area contributed by atoms with Crippen LogP contribution in [0.5, 0.6) is 5.75 Å². The van der Waals surface area contributed by atoms with E-state index in [1.807, 2.05) is 42.5 Å². The Morgan fingerprint density at radius 2 is 1.83 bits per heavy atom. The summed E-state index contributed by atoms with van der Waals surface area (Å²) in [6.45, 7) is 5.56. The standard InChI is InChI=1S/C23H28N4O2S/c1-17(2)15-24-21(28)16-30-23-26-25-22(19-9-11-20(29-3)12-10-19)27(23)14-13-18-7-5-4-6-8-18/h4-12,17H,13-16H2,1-3H3,(H,24,28). The van der Waals surface area contributed by atoms with Crippen LogP contribution in [0.3, 0.4) is 0 Å². The molecule has 1 amide bonds. The average molecular weight is 425 g/mol. The molecule has 3 aromatic rings. The van der Waals surface area contributed by atoms with Crippen molar-refractivity contribution in [2.24, 2.45) is 5.92 Å². The first-order chi connectivity index (χ1) is 14.6. The molecule has 6 nitrogen and oxygen atoms in total. The highest BCUT2D eigenvalue weighted by Gasteiger charge is 2.16. The molecule has 1 heterocycles. The fraction of sp³-hybridized carbons (Fsp3) is 0.348. The van der Waals surface area contributed by atoms with Crippen LogP contribution >= 0.6 is 11.8 Å². The number of aromatic nitrogens is 3. The summed E-state index contributed by atoms with van der Waals surface area (Å²) in [4.78, 5) is 12.2. The fourth-order valence-corrected chi connectivity index (χ4v) is 3.73. The van der Waals surface area contributed by atoms with Crippen LogP contribution < -0.4 is 10.1 Å². The third kappa shape index (κ3) is 6.10. The van der Waals surface area contributed by atoms with Gasteiger partial charge in [0.1, 0.15) is 5.75 Å². The van der Waals surface area contributed by atoms with E-state index >= 15 is 0 Å². The summed E-state index contributed by atoms with van der Waals surface area (Å²) in [6.07, 6.45) is 0.856. The lowest BCUT2D eigenvalue weighted by Gasteiger charge is -2.11. The van der Waals surface area contributed by atoms with Gasteiger partial charge in [0.25, 0.3) is 0 Å². The van der Waals surface area contributed by atoms with E-state index in [4.69, 9.17) is 4.74 Å². The van der Waals surface area contributed by atoms with E-state index in [9.17, 15) is 4.79 Å². The summed E-state index contributed by atoms with van der Waals surface area (Å²) in [7, 11) is 1.65. The van der Waals surface area contributed by atoms with Gasteiger partial charge in [0, 0.05) is 18.7 Å². The highest BCUT2D eigenvalue weighted by Crippen LogP contribution is 2.26. The zero-order valence-corrected chi connectivity index (χ0v) is 18.5. The lowest BCUT2D eigenvalue weighted by atomic mass is 10.1. The highest BCUT2D eigenvalue weighted by atomic mass is 32.2. The van der Waals surface area contributed by atoms with Crippen molar-refractivity contribution in [2.75, 3.05) is 19.4 Å². The Balaban J connectivity index is 1.78. The summed E-state index contributed by atoms with van der Waals surface area (Å²) in [5, 5.41) is 12.5. The largest absolute Gasteiger partial charge is 0.497 e. The number of aryl methyl sites for hydroxylation is 1. The van der Waals surface area contributed by atoms with Crippen LogP contribution in [0.1, 0.15) is 19.4 Å². The molecule has 0 radical (unpaired) electrons. The number of benzene rings is 2. The number of rotatable bonds is 10. The molecule has 0 unspecified atom stereocenters. The van der Waals surface area contributed by atoms with Gasteiger partial charge in [-0.15, -0.1) is 10.2 Å². The van der Waals surface area contributed by atoms with Crippen LogP contribution in [0.2, 0.25) is 0 Å². The molecule has 1 N–H and O–H groups in total. The number of thioether (sulfide) groups is 1. The van der Waals surface area contributed by atoms with Crippen molar-refractivity contribution in [3.05, 3.63) is 60.2 Å². The van der Waals surface area contributed by atoms with Gasteiger partial charge in [0.2, 0.25) is 5.91 Å². The van der Waals surface area contributed by atoms with E-state index < -0.39 is 0 Å². The molecule has 0 saturated heterocycles. The number of methoxy groups -OCH3 is 1. The zero-order valence-electron chi connectivity index (χ0n) is 17.7. The number of nitrogens with zero attached hydrogens (tertiary/aromatic N) is 3. The van der Waals surface area contributed by atoms with Crippen molar-refractivity contribution < 1.29 is 9.53 Å². The number of amides is 1. The van der Waals surface area contributed by atoms with E-state index in [1.54, 1.807) is 7.11 Å². The first-order valence-corrected chi connectivity index (χ1v) is 11.1. The minimum absolute atomic E-state index is 0.0114. The normalized spacial score (nSPS) is 10.9. The molecule has 0 aliphatic rings. The molecule has 0 atom stereocenters. The summed E-state index contributed by atoms with van der Waals surface area (Å²) < 4.78 is 7.35. The Hall–Kier alpha value is -2.80. The van der Waals surface area contributed by atoms with Crippen molar-refractivity contribution in [3.63, 3.8) is 0 Å². The van der Waals surface area contributed by atoms with Gasteiger partial charge in [-0.05, 0) is 42.2 Å². The summed E-state index contributed by atoms with van der Waals surface area (Å²) in [6, 6.07) is 18.1. The fourth-order valence-electron chi connectivity index (χ4n) is 2.94. The Bertz CT molecular complexity index is 940. The van der Waals surface area contributed by atoms with Crippen LogP contribution in [-0.4, -0.2) is 40.1 Å². The van der Waals surface area contributed by atoms with Crippen molar-refractivity contribution >= 4 is 17.7 Å². The van der Waals surface area contributed by atoms with Crippen molar-refractivity contribution in [3.8, 4) is 17.1 Å². The Morgan fingerprint density at radius 1 is 1.10 bits per heavy atom. The molecule has 0 saturated carbocycles. The lowest BCUT2D eigenvalue weighted by molar-refractivity contribution is -0.118. The first kappa shape index (κ1) is 21.9. The Kier molecular flexibility index (Phi) is 7.90. The van der Waals surface area contributed by atoms with E-state index in [-0.39, 0.29) is 5.91 Å². The summed E-state index contributed by atoms with van der Waals surface area (Å²) in [5.74, 6) is 2.34. The van der Waals surface area contributed by atoms with Crippen molar-refractivity contribution in [1.82, 2.24) is 20.1 Å². The molecule has 30 heavy (non-hydrogen) atoms. The van der Waals surface area contributed by atoms with E-state index in [0.29, 0.717) is 18.2 Å². The molecule has 2 aromatic carbocycles. The topological polar surface area (TPSA) is 69.0 Å². The van der Waals surface area contributed by atoms with Crippen molar-refractivity contribution in [1.29, 1.82) is 0 Å². The van der Waals surface area contributed by atoms with Crippen LogP contribution in [0.4, 0.5) is 0 Å². The first-order valence-electron chi connectivity index (χ1n) is 10.1. The number of carbonyl (C=O) groups excluding carboxylic acids is 1. The molecular formula is C23H28N4O2S. The predicted molar refractivity (Wildman–Crippen MR) is 121 cm³/mol. The van der Waals surface area contributed by atoms with Crippen LogP contribution in [0.25, 0.3) is 11.4 Å². The van der Waals surface area contributed by atoms with Gasteiger partial charge in [0.15, 0.2) is 11.0 Å². The maximum Gasteiger partial charge on any atom is 0.230 e. The maximum absolute atomic E-state index is 12.2. The molecule has 0 fully saturated rings. The number of ether oxygens (including phenoxy) is 1. The smallest absolute Gasteiger partial charge is 0.230 e. The van der Waals surface area contributed by atoms with E-state index in [2.05, 4.69) is 46.1 Å². The number of carbonyl (C=O) groups is 1. The zero-order chi connectivity index (χ0) is 21.3. The average Bonchev–Trinajstić information content (AvgIpc) is 3.18. The van der Waals surface area contributed by atoms with Crippen LogP contribution in [0.15, 0.2) is 59.8 Å². The van der Waals surface area contributed by atoms with Gasteiger partial charge in [-0.2, -0.15) is 0 Å². The summed E-state index contributed by atoms with van der Waals surface area (Å²) in [5.41, 5.74) is 2.21. The second kappa shape index (κ2) is 10.8. The van der Waals surface area contributed by atoms with E-state index in [1.165, 1.54) is 17.3 Å². The Morgan fingerprint density at radius 3 is 2.50 bits per heavy atom. The molecule has 0 spiro atoms. The second-order valence-electron chi connectivity index (χ2n) is 7.41. The Labute approximate surface area is 182 Å². The van der Waals surface area contributed by atoms with Gasteiger partial charge in [-0.3, -0.25) is 4.79 Å². The van der Waals surface area contributed by atoms with Gasteiger partial charge in [-0.1, -0.05) is 55.9 Å². The van der Waals surface area contributed by atoms with Crippen LogP contribution in [0, 0.1) is 5.92 Å². The molecule has 0 aliphatic heterocycles. The molecule has 0 aliphatic carbocycles. The SMILES string of the molecule is COc1ccc(-c2nnc(SCC(=O)NCC(C)C)n2CCc2ccccc2)cc1. The minimum atomic E-state index is 0.0114. The summed E-state index contributed by atoms with van der Waals surface area (Å²) >= 11 is 1.42. The molecule has 158 valence electrons. The monoisotopic (exact) mass is 424 g/mol. The highest BCUT2D eigenvalue weighted by molar-refractivity contribution is 7.99. The number of hydrogen-bond donors (Lipinski definition) is 1. The number of nitrogens with one attached hydrogen (secondary N) is 1. The molecule has 3 rings (SSSR count). The minimum Gasteiger partial charge on any atom is -0.497 e. The molecule has 7 heteroatoms. The van der Waals surface area contributed by atoms with Crippen molar-refractivity contribution in [2.45, 2.75) is 32.0 Å².